The molecule has 10 heteroatoms. The highest BCUT2D eigenvalue weighted by molar-refractivity contribution is 6.00. The first-order valence-electron chi connectivity index (χ1n) is 12.3. The van der Waals surface area contributed by atoms with Crippen molar-refractivity contribution in [2.45, 2.75) is 12.8 Å². The van der Waals surface area contributed by atoms with Gasteiger partial charge in [0.05, 0.1) is 0 Å². The summed E-state index contributed by atoms with van der Waals surface area (Å²) >= 11 is 0. The standard InChI is InChI=1S/C27H29N5O5/c33-26(29-11-14-32-12-1-2-13-32)23-18-22(9-10-28-23)37-21-6-3-19(4-7-21)30-27(34)31-20-5-8-24-25(17-20)36-16-15-35-24/h3-10,17-18H,1-2,11-16H2,(H,29,33)(H2,30,31,34). The van der Waals surface area contributed by atoms with Gasteiger partial charge >= 0.3 is 6.03 Å². The zero-order valence-electron chi connectivity index (χ0n) is 20.4. The number of benzene rings is 2. The fourth-order valence-electron chi connectivity index (χ4n) is 4.18. The molecule has 3 heterocycles. The van der Waals surface area contributed by atoms with Crippen LogP contribution in [0.1, 0.15) is 23.3 Å². The van der Waals surface area contributed by atoms with E-state index in [1.54, 1.807) is 60.8 Å². The van der Waals surface area contributed by atoms with E-state index in [1.165, 1.54) is 12.8 Å². The molecule has 37 heavy (non-hydrogen) atoms. The Balaban J connectivity index is 1.11. The minimum Gasteiger partial charge on any atom is -0.486 e. The SMILES string of the molecule is O=C(Nc1ccc(Oc2ccnc(C(=O)NCCN3CCCC3)c2)cc1)Nc1ccc2c(c1)OCCO2. The zero-order chi connectivity index (χ0) is 25.5. The van der Waals surface area contributed by atoms with Crippen LogP contribution in [0.15, 0.2) is 60.8 Å². The fourth-order valence-corrected chi connectivity index (χ4v) is 4.18. The van der Waals surface area contributed by atoms with E-state index in [1.807, 2.05) is 0 Å². The molecule has 0 bridgehead atoms. The van der Waals surface area contributed by atoms with E-state index in [0.717, 1.165) is 19.6 Å². The van der Waals surface area contributed by atoms with Crippen LogP contribution in [0.4, 0.5) is 16.2 Å². The van der Waals surface area contributed by atoms with Crippen molar-refractivity contribution in [1.29, 1.82) is 0 Å². The van der Waals surface area contributed by atoms with Crippen LogP contribution in [-0.2, 0) is 0 Å². The summed E-state index contributed by atoms with van der Waals surface area (Å²) in [5, 5.41) is 8.48. The van der Waals surface area contributed by atoms with Gasteiger partial charge < -0.3 is 35.1 Å². The van der Waals surface area contributed by atoms with Gasteiger partial charge in [-0.1, -0.05) is 0 Å². The number of likely N-dealkylation sites (tertiary alicyclic amines) is 1. The van der Waals surface area contributed by atoms with Crippen LogP contribution in [0.5, 0.6) is 23.0 Å². The first-order chi connectivity index (χ1) is 18.1. The van der Waals surface area contributed by atoms with Gasteiger partial charge in [-0.3, -0.25) is 9.78 Å². The predicted molar refractivity (Wildman–Crippen MR) is 139 cm³/mol. The average molecular weight is 504 g/mol. The molecule has 1 saturated heterocycles. The molecule has 3 N–H and O–H groups in total. The summed E-state index contributed by atoms with van der Waals surface area (Å²) in [4.78, 5) is 31.4. The Labute approximate surface area is 214 Å². The third-order valence-corrected chi connectivity index (χ3v) is 6.02. The lowest BCUT2D eigenvalue weighted by molar-refractivity contribution is 0.0944. The summed E-state index contributed by atoms with van der Waals surface area (Å²) in [5.74, 6) is 2.09. The number of amides is 3. The second-order valence-corrected chi connectivity index (χ2v) is 8.75. The molecule has 0 unspecified atom stereocenters. The number of hydrogen-bond acceptors (Lipinski definition) is 7. The summed E-state index contributed by atoms with van der Waals surface area (Å²) < 4.78 is 16.9. The number of hydrogen-bond donors (Lipinski definition) is 3. The minimum atomic E-state index is -0.389. The molecule has 1 aromatic heterocycles. The van der Waals surface area contributed by atoms with Crippen molar-refractivity contribution in [2.75, 3.05) is 50.0 Å². The van der Waals surface area contributed by atoms with E-state index in [4.69, 9.17) is 14.2 Å². The summed E-state index contributed by atoms with van der Waals surface area (Å²) in [6.45, 7) is 4.60. The molecule has 0 spiro atoms. The van der Waals surface area contributed by atoms with E-state index < -0.39 is 0 Å². The smallest absolute Gasteiger partial charge is 0.323 e. The Hall–Kier alpha value is -4.31. The molecule has 1 fully saturated rings. The van der Waals surface area contributed by atoms with Crippen LogP contribution >= 0.6 is 0 Å². The van der Waals surface area contributed by atoms with Crippen molar-refractivity contribution < 1.29 is 23.8 Å². The van der Waals surface area contributed by atoms with E-state index in [0.29, 0.717) is 59.8 Å². The van der Waals surface area contributed by atoms with Crippen LogP contribution in [-0.4, -0.2) is 61.2 Å². The summed E-state index contributed by atoms with van der Waals surface area (Å²) in [6, 6.07) is 15.1. The number of rotatable bonds is 8. The van der Waals surface area contributed by atoms with Gasteiger partial charge in [0.1, 0.15) is 30.4 Å². The molecule has 192 valence electrons. The van der Waals surface area contributed by atoms with E-state index in [9.17, 15) is 9.59 Å². The second-order valence-electron chi connectivity index (χ2n) is 8.75. The molecule has 2 aliphatic rings. The molecule has 5 rings (SSSR count). The molecule has 2 aliphatic heterocycles. The number of nitrogens with zero attached hydrogens (tertiary/aromatic N) is 2. The maximum Gasteiger partial charge on any atom is 0.323 e. The molecule has 0 aliphatic carbocycles. The van der Waals surface area contributed by atoms with Crippen molar-refractivity contribution in [1.82, 2.24) is 15.2 Å². The second kappa shape index (κ2) is 11.6. The molecule has 0 radical (unpaired) electrons. The summed E-state index contributed by atoms with van der Waals surface area (Å²) in [5.41, 5.74) is 1.48. The van der Waals surface area contributed by atoms with Crippen LogP contribution in [0, 0.1) is 0 Å². The molecule has 0 atom stereocenters. The number of anilines is 2. The maximum atomic E-state index is 12.5. The summed E-state index contributed by atoms with van der Waals surface area (Å²) in [6.07, 6.45) is 3.99. The largest absolute Gasteiger partial charge is 0.486 e. The third-order valence-electron chi connectivity index (χ3n) is 6.02. The van der Waals surface area contributed by atoms with Crippen molar-refractivity contribution in [3.05, 3.63) is 66.5 Å². The van der Waals surface area contributed by atoms with Crippen molar-refractivity contribution >= 4 is 23.3 Å². The van der Waals surface area contributed by atoms with E-state index in [-0.39, 0.29) is 11.9 Å². The molecular formula is C27H29N5O5. The fraction of sp³-hybridized carbons (Fsp3) is 0.296. The Morgan fingerprint density at radius 3 is 2.41 bits per heavy atom. The number of ether oxygens (including phenoxy) is 3. The minimum absolute atomic E-state index is 0.228. The average Bonchev–Trinajstić information content (AvgIpc) is 3.43. The van der Waals surface area contributed by atoms with Gasteiger partial charge in [-0.15, -0.1) is 0 Å². The van der Waals surface area contributed by atoms with Gasteiger partial charge in [0.25, 0.3) is 5.91 Å². The first-order valence-corrected chi connectivity index (χ1v) is 12.3. The highest BCUT2D eigenvalue weighted by Gasteiger charge is 2.14. The number of carbonyl (C=O) groups excluding carboxylic acids is 2. The normalized spacial score (nSPS) is 14.6. The lowest BCUT2D eigenvalue weighted by atomic mass is 10.2. The van der Waals surface area contributed by atoms with Crippen molar-refractivity contribution in [2.24, 2.45) is 0 Å². The van der Waals surface area contributed by atoms with Gasteiger partial charge in [0, 0.05) is 42.8 Å². The van der Waals surface area contributed by atoms with Gasteiger partial charge in [-0.05, 0) is 68.4 Å². The van der Waals surface area contributed by atoms with Gasteiger partial charge in [-0.2, -0.15) is 0 Å². The lowest BCUT2D eigenvalue weighted by Gasteiger charge is -2.19. The number of nitrogens with one attached hydrogen (secondary N) is 3. The Bertz CT molecular complexity index is 1240. The number of urea groups is 1. The molecule has 2 aromatic carbocycles. The topological polar surface area (TPSA) is 114 Å². The van der Waals surface area contributed by atoms with E-state index in [2.05, 4.69) is 25.8 Å². The van der Waals surface area contributed by atoms with E-state index >= 15 is 0 Å². The summed E-state index contributed by atoms with van der Waals surface area (Å²) in [7, 11) is 0. The van der Waals surface area contributed by atoms with Gasteiger partial charge in [-0.25, -0.2) is 4.79 Å². The lowest BCUT2D eigenvalue weighted by Crippen LogP contribution is -2.33. The Morgan fingerprint density at radius 2 is 1.59 bits per heavy atom. The quantitative estimate of drug-likeness (QED) is 0.424. The highest BCUT2D eigenvalue weighted by Crippen LogP contribution is 2.32. The first kappa shape index (κ1) is 24.4. The van der Waals surface area contributed by atoms with Crippen LogP contribution in [0.2, 0.25) is 0 Å². The van der Waals surface area contributed by atoms with Crippen molar-refractivity contribution in [3.63, 3.8) is 0 Å². The zero-order valence-corrected chi connectivity index (χ0v) is 20.4. The monoisotopic (exact) mass is 503 g/mol. The van der Waals surface area contributed by atoms with Crippen LogP contribution < -0.4 is 30.2 Å². The highest BCUT2D eigenvalue weighted by atomic mass is 16.6. The number of carbonyl (C=O) groups is 2. The Kier molecular flexibility index (Phi) is 7.66. The number of pyridine rings is 1. The number of fused-ring (bicyclic) bond motifs is 1. The van der Waals surface area contributed by atoms with Gasteiger partial charge in [0.2, 0.25) is 0 Å². The Morgan fingerprint density at radius 1 is 0.865 bits per heavy atom. The number of aromatic nitrogens is 1. The molecule has 0 saturated carbocycles. The molecule has 10 nitrogen and oxygen atoms in total. The maximum absolute atomic E-state index is 12.5. The van der Waals surface area contributed by atoms with Gasteiger partial charge in [0.15, 0.2) is 11.5 Å². The molecule has 3 amide bonds. The predicted octanol–water partition coefficient (Wildman–Crippen LogP) is 4.11. The molecular weight excluding hydrogens is 474 g/mol. The van der Waals surface area contributed by atoms with Crippen LogP contribution in [0.25, 0.3) is 0 Å². The van der Waals surface area contributed by atoms with Crippen molar-refractivity contribution in [3.8, 4) is 23.0 Å². The third kappa shape index (κ3) is 6.68. The molecule has 3 aromatic rings. The van der Waals surface area contributed by atoms with Crippen LogP contribution in [0.3, 0.4) is 0 Å².